The number of aromatic nitrogens is 1. The molecular formula is C16H21N3O2. The van der Waals surface area contributed by atoms with E-state index in [1.165, 1.54) is 32.1 Å². The molecule has 0 aliphatic heterocycles. The average Bonchev–Trinajstić information content (AvgIpc) is 2.93. The van der Waals surface area contributed by atoms with Gasteiger partial charge >= 0.3 is 0 Å². The largest absolute Gasteiger partial charge is 0.382 e. The van der Waals surface area contributed by atoms with E-state index in [4.69, 9.17) is 0 Å². The maximum absolute atomic E-state index is 11.2. The Hall–Kier alpha value is -2.04. The Morgan fingerprint density at radius 1 is 1.33 bits per heavy atom. The predicted octanol–water partition coefficient (Wildman–Crippen LogP) is 4.38. The minimum atomic E-state index is -0.317. The number of aromatic amines is 1. The first-order chi connectivity index (χ1) is 10.2. The lowest BCUT2D eigenvalue weighted by Gasteiger charge is -2.24. The van der Waals surface area contributed by atoms with Gasteiger partial charge in [-0.25, -0.2) is 0 Å². The SMILES string of the molecule is CCc1cc2c(NC3CCCCC3)ccc([N+](=O)[O-])c2[nH]1. The van der Waals surface area contributed by atoms with Crippen molar-refractivity contribution in [3.8, 4) is 0 Å². The van der Waals surface area contributed by atoms with Gasteiger partial charge in [0.25, 0.3) is 5.69 Å². The van der Waals surface area contributed by atoms with Crippen molar-refractivity contribution >= 4 is 22.3 Å². The highest BCUT2D eigenvalue weighted by Crippen LogP contribution is 2.33. The van der Waals surface area contributed by atoms with E-state index in [0.29, 0.717) is 11.6 Å². The number of rotatable bonds is 4. The Balaban J connectivity index is 2.00. The van der Waals surface area contributed by atoms with E-state index in [0.717, 1.165) is 23.2 Å². The van der Waals surface area contributed by atoms with Gasteiger partial charge in [-0.15, -0.1) is 0 Å². The molecule has 3 rings (SSSR count). The minimum absolute atomic E-state index is 0.152. The molecule has 0 atom stereocenters. The van der Waals surface area contributed by atoms with Gasteiger partial charge in [-0.2, -0.15) is 0 Å². The number of fused-ring (bicyclic) bond motifs is 1. The molecule has 2 N–H and O–H groups in total. The predicted molar refractivity (Wildman–Crippen MR) is 84.8 cm³/mol. The molecule has 1 aliphatic rings. The zero-order chi connectivity index (χ0) is 14.8. The van der Waals surface area contributed by atoms with Crippen LogP contribution in [-0.4, -0.2) is 15.9 Å². The molecule has 0 unspecified atom stereocenters. The molecule has 1 aromatic carbocycles. The summed E-state index contributed by atoms with van der Waals surface area (Å²) in [5.74, 6) is 0. The highest BCUT2D eigenvalue weighted by Gasteiger charge is 2.19. The molecule has 1 fully saturated rings. The van der Waals surface area contributed by atoms with Crippen LogP contribution in [0.3, 0.4) is 0 Å². The van der Waals surface area contributed by atoms with Crippen LogP contribution in [0.15, 0.2) is 18.2 Å². The van der Waals surface area contributed by atoms with Gasteiger partial charge in [0, 0.05) is 28.9 Å². The van der Waals surface area contributed by atoms with Crippen LogP contribution in [0.4, 0.5) is 11.4 Å². The molecule has 21 heavy (non-hydrogen) atoms. The molecule has 1 saturated carbocycles. The summed E-state index contributed by atoms with van der Waals surface area (Å²) in [4.78, 5) is 14.1. The number of hydrogen-bond donors (Lipinski definition) is 2. The first kappa shape index (κ1) is 13.9. The van der Waals surface area contributed by atoms with E-state index in [-0.39, 0.29) is 10.6 Å². The van der Waals surface area contributed by atoms with Crippen molar-refractivity contribution in [1.82, 2.24) is 4.98 Å². The molecule has 0 amide bonds. The van der Waals surface area contributed by atoms with Crippen LogP contribution in [0.5, 0.6) is 0 Å². The maximum atomic E-state index is 11.2. The Morgan fingerprint density at radius 2 is 2.10 bits per heavy atom. The van der Waals surface area contributed by atoms with E-state index >= 15 is 0 Å². The lowest BCUT2D eigenvalue weighted by atomic mass is 9.95. The standard InChI is InChI=1S/C16H21N3O2/c1-2-11-10-13-14(17-12-6-4-3-5-7-12)8-9-15(19(20)21)16(13)18-11/h8-10,12,17-18H,2-7H2,1H3. The number of aryl methyl sites for hydroxylation is 1. The Kier molecular flexibility index (Phi) is 3.82. The summed E-state index contributed by atoms with van der Waals surface area (Å²) in [5.41, 5.74) is 2.83. The Morgan fingerprint density at radius 3 is 2.76 bits per heavy atom. The molecular weight excluding hydrogens is 266 g/mol. The van der Waals surface area contributed by atoms with Gasteiger partial charge in [-0.05, 0) is 31.4 Å². The van der Waals surface area contributed by atoms with Crippen LogP contribution in [0, 0.1) is 10.1 Å². The highest BCUT2D eigenvalue weighted by atomic mass is 16.6. The van der Waals surface area contributed by atoms with Crippen LogP contribution < -0.4 is 5.32 Å². The van der Waals surface area contributed by atoms with Crippen LogP contribution >= 0.6 is 0 Å². The third kappa shape index (κ3) is 2.73. The molecule has 1 aromatic heterocycles. The number of non-ortho nitro benzene ring substituents is 1. The number of nitrogens with one attached hydrogen (secondary N) is 2. The van der Waals surface area contributed by atoms with E-state index in [2.05, 4.69) is 10.3 Å². The number of nitro benzene ring substituents is 1. The van der Waals surface area contributed by atoms with Crippen LogP contribution in [0.1, 0.15) is 44.7 Å². The maximum Gasteiger partial charge on any atom is 0.293 e. The van der Waals surface area contributed by atoms with Crippen molar-refractivity contribution in [1.29, 1.82) is 0 Å². The summed E-state index contributed by atoms with van der Waals surface area (Å²) in [6, 6.07) is 5.97. The number of H-pyrrole nitrogens is 1. The van der Waals surface area contributed by atoms with Crippen molar-refractivity contribution in [3.05, 3.63) is 34.0 Å². The van der Waals surface area contributed by atoms with E-state index in [1.807, 2.05) is 19.1 Å². The van der Waals surface area contributed by atoms with Crippen LogP contribution in [-0.2, 0) is 6.42 Å². The summed E-state index contributed by atoms with van der Waals surface area (Å²) < 4.78 is 0. The second-order valence-electron chi connectivity index (χ2n) is 5.81. The van der Waals surface area contributed by atoms with Gasteiger partial charge in [0.1, 0.15) is 5.52 Å². The number of hydrogen-bond acceptors (Lipinski definition) is 3. The Labute approximate surface area is 123 Å². The van der Waals surface area contributed by atoms with Crippen molar-refractivity contribution in [2.75, 3.05) is 5.32 Å². The monoisotopic (exact) mass is 287 g/mol. The van der Waals surface area contributed by atoms with Crippen molar-refractivity contribution < 1.29 is 4.92 Å². The zero-order valence-corrected chi connectivity index (χ0v) is 12.3. The molecule has 5 heteroatoms. The number of anilines is 1. The smallest absolute Gasteiger partial charge is 0.293 e. The van der Waals surface area contributed by atoms with Gasteiger partial charge in [0.05, 0.1) is 4.92 Å². The average molecular weight is 287 g/mol. The van der Waals surface area contributed by atoms with Gasteiger partial charge in [-0.1, -0.05) is 26.2 Å². The number of benzene rings is 1. The fourth-order valence-electron chi connectivity index (χ4n) is 3.20. The normalized spacial score (nSPS) is 16.2. The second-order valence-corrected chi connectivity index (χ2v) is 5.81. The quantitative estimate of drug-likeness (QED) is 0.647. The molecule has 112 valence electrons. The van der Waals surface area contributed by atoms with Crippen molar-refractivity contribution in [2.24, 2.45) is 0 Å². The fraction of sp³-hybridized carbons (Fsp3) is 0.500. The van der Waals surface area contributed by atoms with Crippen LogP contribution in [0.2, 0.25) is 0 Å². The minimum Gasteiger partial charge on any atom is -0.382 e. The van der Waals surface area contributed by atoms with E-state index in [9.17, 15) is 10.1 Å². The molecule has 0 saturated heterocycles. The van der Waals surface area contributed by atoms with Gasteiger partial charge in [0.15, 0.2) is 0 Å². The van der Waals surface area contributed by atoms with Crippen molar-refractivity contribution in [2.45, 2.75) is 51.5 Å². The van der Waals surface area contributed by atoms with E-state index < -0.39 is 0 Å². The summed E-state index contributed by atoms with van der Waals surface area (Å²) in [5, 5.41) is 15.7. The fourth-order valence-corrected chi connectivity index (χ4v) is 3.20. The lowest BCUT2D eigenvalue weighted by molar-refractivity contribution is -0.383. The first-order valence-corrected chi connectivity index (χ1v) is 7.74. The van der Waals surface area contributed by atoms with E-state index in [1.54, 1.807) is 6.07 Å². The van der Waals surface area contributed by atoms with Gasteiger partial charge in [0.2, 0.25) is 0 Å². The highest BCUT2D eigenvalue weighted by molar-refractivity contribution is 5.98. The summed E-state index contributed by atoms with van der Waals surface area (Å²) in [6.07, 6.45) is 7.06. The lowest BCUT2D eigenvalue weighted by Crippen LogP contribution is -2.22. The van der Waals surface area contributed by atoms with Crippen molar-refractivity contribution in [3.63, 3.8) is 0 Å². The molecule has 5 nitrogen and oxygen atoms in total. The summed E-state index contributed by atoms with van der Waals surface area (Å²) in [6.45, 7) is 2.05. The third-order valence-corrected chi connectivity index (χ3v) is 4.37. The molecule has 0 spiro atoms. The number of nitro groups is 1. The van der Waals surface area contributed by atoms with Gasteiger partial charge < -0.3 is 10.3 Å². The molecule has 0 bridgehead atoms. The van der Waals surface area contributed by atoms with Gasteiger partial charge in [-0.3, -0.25) is 10.1 Å². The first-order valence-electron chi connectivity index (χ1n) is 7.74. The second kappa shape index (κ2) is 5.76. The third-order valence-electron chi connectivity index (χ3n) is 4.37. The summed E-state index contributed by atoms with van der Waals surface area (Å²) >= 11 is 0. The zero-order valence-electron chi connectivity index (χ0n) is 12.3. The Bertz CT molecular complexity index is 657. The molecule has 2 aromatic rings. The topological polar surface area (TPSA) is 71.0 Å². The number of nitrogens with zero attached hydrogens (tertiary/aromatic N) is 1. The molecule has 0 radical (unpaired) electrons. The summed E-state index contributed by atoms with van der Waals surface area (Å²) in [7, 11) is 0. The van der Waals surface area contributed by atoms with Crippen LogP contribution in [0.25, 0.3) is 10.9 Å². The molecule has 1 aliphatic carbocycles. The molecule has 1 heterocycles.